The van der Waals surface area contributed by atoms with E-state index in [1.165, 1.54) is 7.11 Å². The van der Waals surface area contributed by atoms with Gasteiger partial charge in [0.2, 0.25) is 0 Å². The first kappa shape index (κ1) is 54.6. The number of carbonyl (C=O) groups is 2. The Balaban J connectivity index is 0.000000414. The van der Waals surface area contributed by atoms with Crippen molar-refractivity contribution < 1.29 is 43.1 Å². The van der Waals surface area contributed by atoms with E-state index in [0.29, 0.717) is 53.8 Å². The van der Waals surface area contributed by atoms with Crippen LogP contribution in [-0.4, -0.2) is 80.8 Å². The fourth-order valence-corrected chi connectivity index (χ4v) is 9.18. The van der Waals surface area contributed by atoms with Crippen LogP contribution in [0.5, 0.6) is 11.5 Å². The van der Waals surface area contributed by atoms with Crippen LogP contribution in [0.1, 0.15) is 57.7 Å². The summed E-state index contributed by atoms with van der Waals surface area (Å²) in [6.07, 6.45) is 0.364. The summed E-state index contributed by atoms with van der Waals surface area (Å²) in [7, 11) is 0.458. The monoisotopic (exact) mass is 984 g/mol. The van der Waals surface area contributed by atoms with Crippen molar-refractivity contribution in [2.24, 2.45) is 0 Å². The van der Waals surface area contributed by atoms with Crippen LogP contribution < -0.4 is 9.47 Å². The van der Waals surface area contributed by atoms with E-state index in [2.05, 4.69) is 79.2 Å². The molecule has 338 valence electrons. The van der Waals surface area contributed by atoms with Gasteiger partial charge in [0.05, 0.1) is 19.8 Å². The lowest BCUT2D eigenvalue weighted by Gasteiger charge is -2.18. The number of methoxy groups -OCH3 is 2. The molecule has 0 saturated carbocycles. The summed E-state index contributed by atoms with van der Waals surface area (Å²) in [5, 5.41) is 9.10. The van der Waals surface area contributed by atoms with Crippen LogP contribution >= 0.6 is 39.5 Å². The highest BCUT2D eigenvalue weighted by Gasteiger charge is 2.25. The van der Waals surface area contributed by atoms with Crippen molar-refractivity contribution in [3.8, 4) is 23.3 Å². The molecule has 0 aliphatic rings. The Hall–Kier alpha value is -3.53. The van der Waals surface area contributed by atoms with Gasteiger partial charge in [0.15, 0.2) is 13.6 Å². The second kappa shape index (κ2) is 29.8. The number of benzene rings is 4. The van der Waals surface area contributed by atoms with Crippen molar-refractivity contribution in [1.82, 2.24) is 0 Å². The van der Waals surface area contributed by atoms with E-state index in [0.717, 1.165) is 43.0 Å². The number of carbonyl (C=O) groups excluding carboxylic acids is 2. The van der Waals surface area contributed by atoms with Crippen LogP contribution in [-0.2, 0) is 30.5 Å². The molecular formula is C48H65BrO9S2Si2. The molecule has 0 saturated heterocycles. The molecule has 0 radical (unpaired) electrons. The molecule has 0 aliphatic heterocycles. The van der Waals surface area contributed by atoms with Crippen molar-refractivity contribution in [2.45, 2.75) is 92.9 Å². The Morgan fingerprint density at radius 2 is 1.08 bits per heavy atom. The van der Waals surface area contributed by atoms with Gasteiger partial charge in [0, 0.05) is 68.1 Å². The molecule has 9 nitrogen and oxygen atoms in total. The van der Waals surface area contributed by atoms with Crippen LogP contribution in [0.4, 0.5) is 0 Å². The Morgan fingerprint density at radius 3 is 1.52 bits per heavy atom. The second-order valence-corrected chi connectivity index (χ2v) is 30.0. The summed E-state index contributed by atoms with van der Waals surface area (Å²) in [5.74, 6) is 7.33. The summed E-state index contributed by atoms with van der Waals surface area (Å²) in [6, 6.07) is 29.1. The largest absolute Gasteiger partial charge is 0.467 e. The number of ether oxygens (including phenoxy) is 6. The molecule has 62 heavy (non-hydrogen) atoms. The lowest BCUT2D eigenvalue weighted by Crippen LogP contribution is -2.23. The van der Waals surface area contributed by atoms with Gasteiger partial charge < -0.3 is 33.5 Å². The maximum Gasteiger partial charge on any atom is 0.342 e. The minimum Gasteiger partial charge on any atom is -0.467 e. The molecule has 0 bridgehead atoms. The van der Waals surface area contributed by atoms with Gasteiger partial charge in [-0.2, -0.15) is 0 Å². The van der Waals surface area contributed by atoms with E-state index in [1.807, 2.05) is 74.5 Å². The number of rotatable bonds is 21. The molecule has 0 heterocycles. The zero-order valence-corrected chi connectivity index (χ0v) is 43.3. The highest BCUT2D eigenvalue weighted by molar-refractivity contribution is 9.10. The molecule has 0 amide bonds. The fourth-order valence-electron chi connectivity index (χ4n) is 5.17. The topological polar surface area (TPSA) is 110 Å². The maximum atomic E-state index is 13.2. The molecule has 14 heteroatoms. The number of thioether (sulfide) groups is 2. The first-order valence-electron chi connectivity index (χ1n) is 20.7. The molecule has 0 fully saturated rings. The molecule has 4 aromatic carbocycles. The van der Waals surface area contributed by atoms with Crippen molar-refractivity contribution in [1.29, 1.82) is 0 Å². The molecule has 0 atom stereocenters. The summed E-state index contributed by atoms with van der Waals surface area (Å²) in [6.45, 7) is 18.4. The zero-order chi connectivity index (χ0) is 46.0. The Morgan fingerprint density at radius 1 is 0.645 bits per heavy atom. The minimum atomic E-state index is -1.34. The third-order valence-electron chi connectivity index (χ3n) is 8.45. The predicted molar refractivity (Wildman–Crippen MR) is 264 cm³/mol. The molecule has 1 N–H and O–H groups in total. The van der Waals surface area contributed by atoms with E-state index >= 15 is 0 Å². The van der Waals surface area contributed by atoms with Crippen molar-refractivity contribution in [3.05, 3.63) is 117 Å². The van der Waals surface area contributed by atoms with Crippen LogP contribution in [0.15, 0.2) is 99.2 Å². The molecular weight excluding hydrogens is 921 g/mol. The average molecular weight is 986 g/mol. The number of hydrogen-bond acceptors (Lipinski definition) is 11. The van der Waals surface area contributed by atoms with Gasteiger partial charge in [-0.3, -0.25) is 0 Å². The van der Waals surface area contributed by atoms with Crippen LogP contribution in [0.2, 0.25) is 51.4 Å². The highest BCUT2D eigenvalue weighted by Crippen LogP contribution is 2.36. The molecule has 0 aromatic heterocycles. The van der Waals surface area contributed by atoms with E-state index in [-0.39, 0.29) is 26.2 Å². The zero-order valence-electron chi connectivity index (χ0n) is 38.1. The van der Waals surface area contributed by atoms with Gasteiger partial charge in [0.25, 0.3) is 0 Å². The Kier molecular flexibility index (Phi) is 26.2. The molecule has 4 rings (SSSR count). The van der Waals surface area contributed by atoms with Gasteiger partial charge >= 0.3 is 11.9 Å². The quantitative estimate of drug-likeness (QED) is 0.0283. The van der Waals surface area contributed by atoms with E-state index in [4.69, 9.17) is 33.5 Å². The number of aliphatic hydroxyl groups excluding tert-OH is 1. The van der Waals surface area contributed by atoms with Gasteiger partial charge in [-0.1, -0.05) is 117 Å². The number of hydrogen-bond donors (Lipinski definition) is 1. The highest BCUT2D eigenvalue weighted by atomic mass is 79.9. The molecule has 0 unspecified atom stereocenters. The van der Waals surface area contributed by atoms with Crippen molar-refractivity contribution in [2.75, 3.05) is 47.6 Å². The summed E-state index contributed by atoms with van der Waals surface area (Å²) in [4.78, 5) is 28.4. The van der Waals surface area contributed by atoms with E-state index in [9.17, 15) is 9.59 Å². The number of esters is 2. The van der Waals surface area contributed by atoms with Crippen molar-refractivity contribution >= 4 is 67.5 Å². The third-order valence-corrected chi connectivity index (χ3v) is 14.7. The van der Waals surface area contributed by atoms with Gasteiger partial charge in [-0.25, -0.2) is 9.59 Å². The first-order valence-corrected chi connectivity index (χ1v) is 30.9. The average Bonchev–Trinajstić information content (AvgIpc) is 3.25. The van der Waals surface area contributed by atoms with E-state index in [1.54, 1.807) is 42.8 Å². The Labute approximate surface area is 389 Å². The SMILES string of the molecule is CC.COCOc1ccc(Br)c(CSc2ccccc2)c1C(=O)OCC[Si](C)(C)C.COCOc1ccc(C#CCCO)c(CSc2ccccc2)c1C(=O)OCC[Si](C)(C)C. The number of halogens is 1. The smallest absolute Gasteiger partial charge is 0.342 e. The lowest BCUT2D eigenvalue weighted by molar-refractivity contribution is 0.0427. The van der Waals surface area contributed by atoms with E-state index < -0.39 is 22.1 Å². The summed E-state index contributed by atoms with van der Waals surface area (Å²) in [5.41, 5.74) is 3.20. The van der Waals surface area contributed by atoms with Crippen LogP contribution in [0.3, 0.4) is 0 Å². The second-order valence-electron chi connectivity index (χ2n) is 15.8. The predicted octanol–water partition coefficient (Wildman–Crippen LogP) is 12.4. The van der Waals surface area contributed by atoms with Crippen molar-refractivity contribution in [3.63, 3.8) is 0 Å². The summed E-state index contributed by atoms with van der Waals surface area (Å²) >= 11 is 6.87. The fraction of sp³-hybridized carbons (Fsp3) is 0.417. The maximum absolute atomic E-state index is 13.2. The third kappa shape index (κ3) is 20.8. The minimum absolute atomic E-state index is 0.0122. The molecule has 0 spiro atoms. The standard InChI is InChI=1S/C25H32O5SSi.C21H27BrO4SSi.C2H6/c1-28-19-30-23-14-13-20(10-8-9-15-26)22(18-31-21-11-6-5-7-12-21)24(23)25(27)29-16-17-32(2,3)4;1-24-15-26-19-11-10-18(22)17(14-27-16-8-6-5-7-9-16)20(19)21(23)25-12-13-28(2,3)4;1-2/h5-7,11-14,26H,9,15-19H2,1-4H3;5-11H,12-15H2,1-4H3;1-2H3. The van der Waals surface area contributed by atoms with Crippen LogP contribution in [0, 0.1) is 11.8 Å². The molecule has 4 aromatic rings. The Bertz CT molecular complexity index is 2000. The lowest BCUT2D eigenvalue weighted by atomic mass is 10.0. The number of aliphatic hydroxyl groups is 1. The van der Waals surface area contributed by atoms with Gasteiger partial charge in [0.1, 0.15) is 22.6 Å². The summed E-state index contributed by atoms with van der Waals surface area (Å²) < 4.78 is 33.6. The van der Waals surface area contributed by atoms with Gasteiger partial charge in [-0.15, -0.1) is 23.5 Å². The molecule has 0 aliphatic carbocycles. The normalized spacial score (nSPS) is 10.8. The first-order chi connectivity index (χ1) is 29.7. The van der Waals surface area contributed by atoms with Crippen LogP contribution in [0.25, 0.3) is 0 Å². The van der Waals surface area contributed by atoms with Gasteiger partial charge in [-0.05, 0) is 71.7 Å².